The number of benzene rings is 2. The molecule has 0 saturated carbocycles. The number of ether oxygens (including phenoxy) is 1. The normalized spacial score (nSPS) is 16.4. The molecule has 29 heavy (non-hydrogen) atoms. The van der Waals surface area contributed by atoms with E-state index < -0.39 is 0 Å². The Balaban J connectivity index is 1.75. The summed E-state index contributed by atoms with van der Waals surface area (Å²) in [5.41, 5.74) is 5.06. The Kier molecular flexibility index (Phi) is 5.24. The third kappa shape index (κ3) is 3.58. The molecule has 2 amide bonds. The van der Waals surface area contributed by atoms with Crippen LogP contribution < -0.4 is 4.90 Å². The van der Waals surface area contributed by atoms with Crippen LogP contribution in [0.25, 0.3) is 5.57 Å². The van der Waals surface area contributed by atoms with Gasteiger partial charge >= 0.3 is 0 Å². The van der Waals surface area contributed by atoms with Crippen molar-refractivity contribution in [2.45, 2.75) is 33.3 Å². The first-order chi connectivity index (χ1) is 14.0. The Hall–Kier alpha value is -2.92. The van der Waals surface area contributed by atoms with Gasteiger partial charge in [-0.05, 0) is 44.4 Å². The molecule has 0 unspecified atom stereocenters. The molecule has 0 aromatic heterocycles. The number of fused-ring (bicyclic) bond motifs is 1. The fraction of sp³-hybridized carbons (Fsp3) is 0.333. The van der Waals surface area contributed by atoms with Crippen molar-refractivity contribution in [3.8, 4) is 0 Å². The average molecular weight is 390 g/mol. The lowest BCUT2D eigenvalue weighted by Gasteiger charge is -2.22. The minimum atomic E-state index is -0.245. The highest BCUT2D eigenvalue weighted by molar-refractivity contribution is 6.36. The van der Waals surface area contributed by atoms with Gasteiger partial charge in [0, 0.05) is 12.2 Å². The minimum Gasteiger partial charge on any atom is -0.377 e. The van der Waals surface area contributed by atoms with Gasteiger partial charge in [-0.1, -0.05) is 48.0 Å². The van der Waals surface area contributed by atoms with E-state index >= 15 is 0 Å². The first-order valence-electron chi connectivity index (χ1n) is 10.1. The lowest BCUT2D eigenvalue weighted by molar-refractivity contribution is -0.138. The topological polar surface area (TPSA) is 49.9 Å². The highest BCUT2D eigenvalue weighted by atomic mass is 16.5. The molecule has 0 fully saturated rings. The van der Waals surface area contributed by atoms with Gasteiger partial charge in [0.05, 0.1) is 24.8 Å². The molecule has 0 radical (unpaired) electrons. The molecule has 5 nitrogen and oxygen atoms in total. The second kappa shape index (κ2) is 7.84. The predicted molar refractivity (Wildman–Crippen MR) is 113 cm³/mol. The van der Waals surface area contributed by atoms with E-state index in [9.17, 15) is 9.59 Å². The van der Waals surface area contributed by atoms with Crippen LogP contribution in [0.3, 0.4) is 0 Å². The van der Waals surface area contributed by atoms with Crippen molar-refractivity contribution < 1.29 is 14.3 Å². The predicted octanol–water partition coefficient (Wildman–Crippen LogP) is 3.56. The van der Waals surface area contributed by atoms with Gasteiger partial charge in [0.1, 0.15) is 5.70 Å². The van der Waals surface area contributed by atoms with E-state index in [0.29, 0.717) is 24.4 Å². The Morgan fingerprint density at radius 1 is 1.00 bits per heavy atom. The highest BCUT2D eigenvalue weighted by Gasteiger charge is 2.43. The first kappa shape index (κ1) is 19.4. The number of aryl methyl sites for hydroxylation is 1. The summed E-state index contributed by atoms with van der Waals surface area (Å²) >= 11 is 0. The number of hydrogen-bond acceptors (Lipinski definition) is 4. The van der Waals surface area contributed by atoms with E-state index in [-0.39, 0.29) is 24.5 Å². The van der Waals surface area contributed by atoms with Crippen LogP contribution in [0.5, 0.6) is 0 Å². The zero-order valence-electron chi connectivity index (χ0n) is 17.1. The maximum absolute atomic E-state index is 13.4. The van der Waals surface area contributed by atoms with Crippen LogP contribution in [0.1, 0.15) is 30.5 Å². The number of anilines is 1. The largest absolute Gasteiger partial charge is 0.377 e. The molecule has 2 heterocycles. The van der Waals surface area contributed by atoms with Crippen LogP contribution >= 0.6 is 0 Å². The molecule has 5 heteroatoms. The van der Waals surface area contributed by atoms with Crippen molar-refractivity contribution in [2.75, 3.05) is 24.6 Å². The van der Waals surface area contributed by atoms with E-state index in [1.165, 1.54) is 10.5 Å². The molecule has 2 aromatic carbocycles. The molecule has 2 aliphatic heterocycles. The summed E-state index contributed by atoms with van der Waals surface area (Å²) in [6.45, 7) is 7.17. The van der Waals surface area contributed by atoms with Crippen molar-refractivity contribution in [3.63, 3.8) is 0 Å². The number of carbonyl (C=O) groups excluding carboxylic acids is 2. The van der Waals surface area contributed by atoms with E-state index in [1.54, 1.807) is 0 Å². The van der Waals surface area contributed by atoms with Gasteiger partial charge in [-0.25, -0.2) is 0 Å². The fourth-order valence-electron chi connectivity index (χ4n) is 3.95. The molecular weight excluding hydrogens is 364 g/mol. The summed E-state index contributed by atoms with van der Waals surface area (Å²) < 4.78 is 5.60. The molecule has 0 N–H and O–H groups in total. The summed E-state index contributed by atoms with van der Waals surface area (Å²) in [6, 6.07) is 15.9. The minimum absolute atomic E-state index is 0.0530. The summed E-state index contributed by atoms with van der Waals surface area (Å²) in [5, 5.41) is 0. The number of rotatable bonds is 6. The van der Waals surface area contributed by atoms with Crippen LogP contribution in [0, 0.1) is 6.92 Å². The Labute approximate surface area is 171 Å². The zero-order valence-corrected chi connectivity index (χ0v) is 17.1. The average Bonchev–Trinajstić information content (AvgIpc) is 3.22. The van der Waals surface area contributed by atoms with Crippen LogP contribution in [0.2, 0.25) is 0 Å². The van der Waals surface area contributed by atoms with E-state index in [4.69, 9.17) is 4.74 Å². The number of nitrogens with zero attached hydrogens (tertiary/aromatic N) is 2. The van der Waals surface area contributed by atoms with Gasteiger partial charge in [-0.3, -0.25) is 14.5 Å². The summed E-state index contributed by atoms with van der Waals surface area (Å²) in [6.07, 6.45) is 0.913. The Bertz CT molecular complexity index is 976. The van der Waals surface area contributed by atoms with Gasteiger partial charge in [0.2, 0.25) is 0 Å². The molecular formula is C24H26N2O3. The summed E-state index contributed by atoms with van der Waals surface area (Å²) in [4.78, 5) is 30.0. The van der Waals surface area contributed by atoms with Crippen LogP contribution in [-0.4, -0.2) is 42.5 Å². The second-order valence-corrected chi connectivity index (χ2v) is 7.80. The van der Waals surface area contributed by atoms with Crippen molar-refractivity contribution in [2.24, 2.45) is 0 Å². The quantitative estimate of drug-likeness (QED) is 0.708. The van der Waals surface area contributed by atoms with Gasteiger partial charge in [-0.15, -0.1) is 0 Å². The summed E-state index contributed by atoms with van der Waals surface area (Å²) in [5.74, 6) is -0.486. The number of imide groups is 1. The van der Waals surface area contributed by atoms with E-state index in [2.05, 4.69) is 6.07 Å². The number of amides is 2. The summed E-state index contributed by atoms with van der Waals surface area (Å²) in [7, 11) is 0. The van der Waals surface area contributed by atoms with E-state index in [0.717, 1.165) is 23.2 Å². The molecule has 0 saturated heterocycles. The standard InChI is InChI=1S/C24H26N2O3/c1-16(2)29-15-14-26-23(27)21(19-10-8-17(3)9-11-19)22(24(26)28)25-13-12-18-6-4-5-7-20(18)25/h4-11,16H,12-15H2,1-3H3. The second-order valence-electron chi connectivity index (χ2n) is 7.80. The highest BCUT2D eigenvalue weighted by Crippen LogP contribution is 2.38. The maximum Gasteiger partial charge on any atom is 0.278 e. The van der Waals surface area contributed by atoms with Crippen LogP contribution in [0.4, 0.5) is 5.69 Å². The van der Waals surface area contributed by atoms with Crippen molar-refractivity contribution in [1.29, 1.82) is 0 Å². The molecule has 0 aliphatic carbocycles. The SMILES string of the molecule is Cc1ccc(C2=C(N3CCc4ccccc43)C(=O)N(CCOC(C)C)C2=O)cc1. The fourth-order valence-corrected chi connectivity index (χ4v) is 3.95. The molecule has 0 bridgehead atoms. The lowest BCUT2D eigenvalue weighted by atomic mass is 10.0. The first-order valence-corrected chi connectivity index (χ1v) is 10.1. The van der Waals surface area contributed by atoms with Gasteiger partial charge < -0.3 is 9.64 Å². The number of hydrogen-bond donors (Lipinski definition) is 0. The third-order valence-electron chi connectivity index (χ3n) is 5.41. The smallest absolute Gasteiger partial charge is 0.278 e. The molecule has 2 aromatic rings. The molecule has 2 aliphatic rings. The van der Waals surface area contributed by atoms with Gasteiger partial charge in [-0.2, -0.15) is 0 Å². The zero-order chi connectivity index (χ0) is 20.5. The van der Waals surface area contributed by atoms with Gasteiger partial charge in [0.25, 0.3) is 11.8 Å². The molecule has 0 atom stereocenters. The Morgan fingerprint density at radius 3 is 2.45 bits per heavy atom. The van der Waals surface area contributed by atoms with Crippen LogP contribution in [-0.2, 0) is 20.7 Å². The van der Waals surface area contributed by atoms with E-state index in [1.807, 2.05) is 68.1 Å². The molecule has 0 spiro atoms. The van der Waals surface area contributed by atoms with Gasteiger partial charge in [0.15, 0.2) is 0 Å². The maximum atomic E-state index is 13.4. The number of para-hydroxylation sites is 1. The van der Waals surface area contributed by atoms with Crippen molar-refractivity contribution in [3.05, 3.63) is 70.9 Å². The number of carbonyl (C=O) groups is 2. The Morgan fingerprint density at radius 2 is 1.72 bits per heavy atom. The third-order valence-corrected chi connectivity index (χ3v) is 5.41. The van der Waals surface area contributed by atoms with Crippen LogP contribution in [0.15, 0.2) is 54.2 Å². The molecule has 4 rings (SSSR count). The monoisotopic (exact) mass is 390 g/mol. The van der Waals surface area contributed by atoms with Crippen molar-refractivity contribution >= 4 is 23.1 Å². The lowest BCUT2D eigenvalue weighted by Crippen LogP contribution is -2.37. The van der Waals surface area contributed by atoms with Crippen molar-refractivity contribution in [1.82, 2.24) is 4.90 Å². The molecule has 150 valence electrons.